The Morgan fingerprint density at radius 1 is 1.42 bits per heavy atom. The number of nitrogens with zero attached hydrogens (tertiary/aromatic N) is 1. The molecule has 1 aromatic carbocycles. The van der Waals surface area contributed by atoms with E-state index in [0.717, 1.165) is 0 Å². The minimum absolute atomic E-state index is 0.0111. The molecule has 8 heteroatoms. The normalized spacial score (nSPS) is 12.4. The highest BCUT2D eigenvalue weighted by molar-refractivity contribution is 7.92. The second-order valence-electron chi connectivity index (χ2n) is 3.83. The first kappa shape index (κ1) is 15.3. The number of oxime groups is 1. The first-order valence-corrected chi connectivity index (χ1v) is 7.21. The van der Waals surface area contributed by atoms with Crippen molar-refractivity contribution in [2.24, 2.45) is 10.9 Å². The number of nitrogens with one attached hydrogen (secondary N) is 1. The van der Waals surface area contributed by atoms with Gasteiger partial charge < -0.3 is 15.7 Å². The highest BCUT2D eigenvalue weighted by atomic mass is 32.2. The Kier molecular flexibility index (Phi) is 5.58. The number of amidine groups is 1. The molecular formula is C11H17N3O4S. The number of hydrogen-bond acceptors (Lipinski definition) is 5. The number of rotatable bonds is 7. The zero-order chi connectivity index (χ0) is 14.3. The maximum Gasteiger partial charge on any atom is 0.232 e. The lowest BCUT2D eigenvalue weighted by Gasteiger charge is -2.08. The molecule has 0 aliphatic heterocycles. The van der Waals surface area contributed by atoms with Crippen molar-refractivity contribution in [3.8, 4) is 0 Å². The fourth-order valence-electron chi connectivity index (χ4n) is 1.39. The number of benzene rings is 1. The Morgan fingerprint density at radius 2 is 2.05 bits per heavy atom. The lowest BCUT2D eigenvalue weighted by molar-refractivity contribution is 0.199. The fraction of sp³-hybridized carbons (Fsp3) is 0.364. The molecule has 19 heavy (non-hydrogen) atoms. The van der Waals surface area contributed by atoms with Crippen LogP contribution in [-0.2, 0) is 14.8 Å². The first-order chi connectivity index (χ1) is 8.98. The van der Waals surface area contributed by atoms with Crippen LogP contribution in [0.2, 0.25) is 0 Å². The van der Waals surface area contributed by atoms with E-state index >= 15 is 0 Å². The summed E-state index contributed by atoms with van der Waals surface area (Å²) in [4.78, 5) is 0. The molecule has 1 aromatic rings. The van der Waals surface area contributed by atoms with E-state index in [1.807, 2.05) is 0 Å². The van der Waals surface area contributed by atoms with Crippen molar-refractivity contribution >= 4 is 21.5 Å². The van der Waals surface area contributed by atoms with Gasteiger partial charge >= 0.3 is 0 Å². The molecule has 0 aliphatic rings. The zero-order valence-corrected chi connectivity index (χ0v) is 11.4. The van der Waals surface area contributed by atoms with Crippen LogP contribution < -0.4 is 10.5 Å². The summed E-state index contributed by atoms with van der Waals surface area (Å²) in [5.74, 6) is -0.0440. The van der Waals surface area contributed by atoms with Gasteiger partial charge in [-0.1, -0.05) is 5.16 Å². The summed E-state index contributed by atoms with van der Waals surface area (Å²) in [6.45, 7) is 0.392. The van der Waals surface area contributed by atoms with Gasteiger partial charge in [0.2, 0.25) is 10.0 Å². The molecule has 0 aliphatic carbocycles. The Labute approximate surface area is 112 Å². The topological polar surface area (TPSA) is 114 Å². The highest BCUT2D eigenvalue weighted by Gasteiger charge is 2.10. The van der Waals surface area contributed by atoms with Crippen LogP contribution in [-0.4, -0.2) is 38.9 Å². The van der Waals surface area contributed by atoms with Gasteiger partial charge in [-0.2, -0.15) is 0 Å². The van der Waals surface area contributed by atoms with Crippen LogP contribution in [0.15, 0.2) is 29.4 Å². The molecule has 0 heterocycles. The maximum absolute atomic E-state index is 11.7. The van der Waals surface area contributed by atoms with Crippen LogP contribution in [0.5, 0.6) is 0 Å². The molecule has 4 N–H and O–H groups in total. The largest absolute Gasteiger partial charge is 0.409 e. The van der Waals surface area contributed by atoms with E-state index in [2.05, 4.69) is 9.88 Å². The van der Waals surface area contributed by atoms with Crippen molar-refractivity contribution in [2.45, 2.75) is 6.42 Å². The number of ether oxygens (including phenoxy) is 1. The summed E-state index contributed by atoms with van der Waals surface area (Å²) in [6, 6.07) is 6.20. The molecule has 0 bridgehead atoms. The number of methoxy groups -OCH3 is 1. The summed E-state index contributed by atoms with van der Waals surface area (Å²) in [6.07, 6.45) is 0.425. The van der Waals surface area contributed by atoms with Crippen LogP contribution in [0.25, 0.3) is 0 Å². The van der Waals surface area contributed by atoms with Gasteiger partial charge in [0.1, 0.15) is 0 Å². The van der Waals surface area contributed by atoms with E-state index in [9.17, 15) is 8.42 Å². The SMILES string of the molecule is COCCCS(=O)(=O)Nc1ccc(C(N)=NO)cc1. The van der Waals surface area contributed by atoms with Gasteiger partial charge in [-0.3, -0.25) is 4.72 Å². The van der Waals surface area contributed by atoms with Crippen LogP contribution in [0, 0.1) is 0 Å². The van der Waals surface area contributed by atoms with E-state index in [1.54, 1.807) is 24.3 Å². The smallest absolute Gasteiger partial charge is 0.232 e. The molecule has 0 atom stereocenters. The van der Waals surface area contributed by atoms with Gasteiger partial charge in [-0.25, -0.2) is 8.42 Å². The minimum Gasteiger partial charge on any atom is -0.409 e. The summed E-state index contributed by atoms with van der Waals surface area (Å²) in [5, 5.41) is 11.4. The van der Waals surface area contributed by atoms with Crippen molar-refractivity contribution in [1.29, 1.82) is 0 Å². The van der Waals surface area contributed by atoms with Crippen LogP contribution in [0.1, 0.15) is 12.0 Å². The summed E-state index contributed by atoms with van der Waals surface area (Å²) >= 11 is 0. The van der Waals surface area contributed by atoms with Gasteiger partial charge in [-0.05, 0) is 30.7 Å². The molecule has 0 spiro atoms. The lowest BCUT2D eigenvalue weighted by atomic mass is 10.2. The Balaban J connectivity index is 2.67. The molecule has 0 saturated heterocycles. The standard InChI is InChI=1S/C11H17N3O4S/c1-18-7-2-8-19(16,17)14-10-5-3-9(4-6-10)11(12)13-15/h3-6,14-15H,2,7-8H2,1H3,(H2,12,13). The van der Waals surface area contributed by atoms with E-state index in [0.29, 0.717) is 24.3 Å². The van der Waals surface area contributed by atoms with E-state index < -0.39 is 10.0 Å². The number of anilines is 1. The second kappa shape index (κ2) is 6.95. The molecule has 1 rings (SSSR count). The van der Waals surface area contributed by atoms with Crippen molar-refractivity contribution < 1.29 is 18.4 Å². The Hall–Kier alpha value is -1.80. The van der Waals surface area contributed by atoms with Crippen LogP contribution in [0.4, 0.5) is 5.69 Å². The van der Waals surface area contributed by atoms with Crippen LogP contribution >= 0.6 is 0 Å². The molecule has 0 unspecified atom stereocenters. The molecule has 0 radical (unpaired) electrons. The number of hydrogen-bond donors (Lipinski definition) is 3. The van der Waals surface area contributed by atoms with Crippen molar-refractivity contribution in [2.75, 3.05) is 24.2 Å². The molecule has 106 valence electrons. The predicted octanol–water partition coefficient (Wildman–Crippen LogP) is 0.559. The maximum atomic E-state index is 11.7. The third-order valence-corrected chi connectivity index (χ3v) is 3.70. The van der Waals surface area contributed by atoms with Crippen LogP contribution in [0.3, 0.4) is 0 Å². The second-order valence-corrected chi connectivity index (χ2v) is 5.67. The summed E-state index contributed by atoms with van der Waals surface area (Å²) in [5.41, 5.74) is 6.33. The fourth-order valence-corrected chi connectivity index (χ4v) is 2.49. The molecule has 0 amide bonds. The third kappa shape index (κ3) is 5.14. The zero-order valence-electron chi connectivity index (χ0n) is 10.5. The van der Waals surface area contributed by atoms with Crippen molar-refractivity contribution in [3.05, 3.63) is 29.8 Å². The van der Waals surface area contributed by atoms with Gasteiger partial charge in [0.05, 0.1) is 5.75 Å². The summed E-state index contributed by atoms with van der Waals surface area (Å²) in [7, 11) is -1.87. The lowest BCUT2D eigenvalue weighted by Crippen LogP contribution is -2.18. The highest BCUT2D eigenvalue weighted by Crippen LogP contribution is 2.11. The third-order valence-electron chi connectivity index (χ3n) is 2.32. The van der Waals surface area contributed by atoms with E-state index in [4.69, 9.17) is 15.7 Å². The molecule has 7 nitrogen and oxygen atoms in total. The predicted molar refractivity (Wildman–Crippen MR) is 72.9 cm³/mol. The Bertz CT molecular complexity index is 525. The van der Waals surface area contributed by atoms with Crippen molar-refractivity contribution in [3.63, 3.8) is 0 Å². The molecule has 0 saturated carbocycles. The van der Waals surface area contributed by atoms with Gasteiger partial charge in [0, 0.05) is 25.0 Å². The minimum atomic E-state index is -3.39. The molecule has 0 aromatic heterocycles. The number of sulfonamides is 1. The molecule has 0 fully saturated rings. The average Bonchev–Trinajstić information content (AvgIpc) is 2.38. The van der Waals surface area contributed by atoms with Gasteiger partial charge in [0.25, 0.3) is 0 Å². The first-order valence-electron chi connectivity index (χ1n) is 5.56. The summed E-state index contributed by atoms with van der Waals surface area (Å²) < 4.78 is 30.6. The number of nitrogens with two attached hydrogens (primary N) is 1. The quantitative estimate of drug-likeness (QED) is 0.223. The van der Waals surface area contributed by atoms with Gasteiger partial charge in [0.15, 0.2) is 5.84 Å². The monoisotopic (exact) mass is 287 g/mol. The van der Waals surface area contributed by atoms with E-state index in [1.165, 1.54) is 7.11 Å². The van der Waals surface area contributed by atoms with Gasteiger partial charge in [-0.15, -0.1) is 0 Å². The Morgan fingerprint density at radius 3 is 2.58 bits per heavy atom. The van der Waals surface area contributed by atoms with E-state index in [-0.39, 0.29) is 11.6 Å². The molecular weight excluding hydrogens is 270 g/mol. The average molecular weight is 287 g/mol. The van der Waals surface area contributed by atoms with Crippen molar-refractivity contribution in [1.82, 2.24) is 0 Å².